The third-order valence-corrected chi connectivity index (χ3v) is 3.25. The van der Waals surface area contributed by atoms with Gasteiger partial charge in [-0.15, -0.1) is 0 Å². The molecule has 0 aliphatic carbocycles. The van der Waals surface area contributed by atoms with Crippen molar-refractivity contribution in [3.63, 3.8) is 0 Å². The van der Waals surface area contributed by atoms with Gasteiger partial charge in [0.15, 0.2) is 0 Å². The second kappa shape index (κ2) is 6.55. The molecule has 0 bridgehead atoms. The minimum atomic E-state index is 0.192. The predicted molar refractivity (Wildman–Crippen MR) is 80.3 cm³/mol. The number of hydrogen-bond acceptors (Lipinski definition) is 2. The van der Waals surface area contributed by atoms with Crippen LogP contribution in [0.3, 0.4) is 0 Å². The Balaban J connectivity index is 2.40. The van der Waals surface area contributed by atoms with Gasteiger partial charge in [-0.2, -0.15) is 0 Å². The molecule has 0 saturated carbocycles. The molecule has 0 aliphatic rings. The van der Waals surface area contributed by atoms with Crippen LogP contribution < -0.4 is 5.32 Å². The van der Waals surface area contributed by atoms with Gasteiger partial charge in [0.2, 0.25) is 0 Å². The van der Waals surface area contributed by atoms with Crippen LogP contribution in [0.15, 0.2) is 18.2 Å². The lowest BCUT2D eigenvalue weighted by Crippen LogP contribution is -2.40. The smallest absolute Gasteiger partial charge is 0.0435 e. The Morgan fingerprint density at radius 2 is 1.94 bits per heavy atom. The molecule has 0 unspecified atom stereocenters. The summed E-state index contributed by atoms with van der Waals surface area (Å²) in [5.41, 5.74) is 2.66. The summed E-state index contributed by atoms with van der Waals surface area (Å²) >= 11 is 6.03. The van der Waals surface area contributed by atoms with Crippen molar-refractivity contribution in [2.24, 2.45) is 0 Å². The molecule has 18 heavy (non-hydrogen) atoms. The van der Waals surface area contributed by atoms with E-state index in [1.165, 1.54) is 5.56 Å². The van der Waals surface area contributed by atoms with Crippen LogP contribution in [0.25, 0.3) is 0 Å². The largest absolute Gasteiger partial charge is 0.311 e. The van der Waals surface area contributed by atoms with E-state index >= 15 is 0 Å². The Labute approximate surface area is 116 Å². The number of halogens is 1. The van der Waals surface area contributed by atoms with Gasteiger partial charge in [0, 0.05) is 30.2 Å². The first-order valence-electron chi connectivity index (χ1n) is 6.46. The average molecular weight is 269 g/mol. The lowest BCUT2D eigenvalue weighted by atomic mass is 10.1. The number of rotatable bonds is 5. The van der Waals surface area contributed by atoms with Crippen molar-refractivity contribution in [2.45, 2.75) is 39.8 Å². The van der Waals surface area contributed by atoms with E-state index in [2.05, 4.69) is 50.2 Å². The van der Waals surface area contributed by atoms with E-state index in [1.807, 2.05) is 13.0 Å². The molecule has 0 saturated heterocycles. The molecule has 1 N–H and O–H groups in total. The molecule has 3 heteroatoms. The van der Waals surface area contributed by atoms with Crippen LogP contribution in [-0.4, -0.2) is 30.6 Å². The maximum absolute atomic E-state index is 6.03. The van der Waals surface area contributed by atoms with Crippen LogP contribution >= 0.6 is 11.6 Å². The fourth-order valence-corrected chi connectivity index (χ4v) is 1.94. The van der Waals surface area contributed by atoms with Gasteiger partial charge < -0.3 is 10.2 Å². The first kappa shape index (κ1) is 15.5. The topological polar surface area (TPSA) is 15.3 Å². The Hall–Kier alpha value is -0.570. The van der Waals surface area contributed by atoms with Gasteiger partial charge in [-0.05, 0) is 51.9 Å². The van der Waals surface area contributed by atoms with Crippen LogP contribution in [-0.2, 0) is 6.54 Å². The summed E-state index contributed by atoms with van der Waals surface area (Å²) in [6.45, 7) is 11.6. The van der Waals surface area contributed by atoms with E-state index in [4.69, 9.17) is 11.6 Å². The molecule has 0 aliphatic heterocycles. The Morgan fingerprint density at radius 1 is 1.28 bits per heavy atom. The molecule has 0 spiro atoms. The number of aryl methyl sites for hydroxylation is 1. The second-order valence-corrected chi connectivity index (χ2v) is 6.41. The number of nitrogens with zero attached hydrogens (tertiary/aromatic N) is 1. The third-order valence-electron chi connectivity index (χ3n) is 2.82. The third kappa shape index (κ3) is 5.85. The van der Waals surface area contributed by atoms with Crippen molar-refractivity contribution in [1.82, 2.24) is 10.2 Å². The molecular weight excluding hydrogens is 244 g/mol. The Bertz CT molecular complexity index is 383. The first-order chi connectivity index (χ1) is 8.28. The van der Waals surface area contributed by atoms with Crippen LogP contribution in [0.4, 0.5) is 0 Å². The normalized spacial score (nSPS) is 12.2. The SMILES string of the molecule is Cc1cc(CN(C)CCNC(C)(C)C)ccc1Cl. The molecule has 102 valence electrons. The number of likely N-dealkylation sites (N-methyl/N-ethyl adjacent to an activating group) is 1. The van der Waals surface area contributed by atoms with Crippen LogP contribution in [0, 0.1) is 6.92 Å². The second-order valence-electron chi connectivity index (χ2n) is 6.00. The zero-order valence-electron chi connectivity index (χ0n) is 12.2. The predicted octanol–water partition coefficient (Wildman–Crippen LogP) is 3.47. The zero-order chi connectivity index (χ0) is 13.8. The number of nitrogens with one attached hydrogen (secondary N) is 1. The van der Waals surface area contributed by atoms with Crippen LogP contribution in [0.5, 0.6) is 0 Å². The van der Waals surface area contributed by atoms with E-state index in [-0.39, 0.29) is 5.54 Å². The van der Waals surface area contributed by atoms with Gasteiger partial charge in [0.25, 0.3) is 0 Å². The number of hydrogen-bond donors (Lipinski definition) is 1. The molecule has 0 amide bonds. The van der Waals surface area contributed by atoms with Gasteiger partial charge in [0.05, 0.1) is 0 Å². The minimum absolute atomic E-state index is 0.192. The van der Waals surface area contributed by atoms with Crippen molar-refractivity contribution in [3.8, 4) is 0 Å². The maximum Gasteiger partial charge on any atom is 0.0435 e. The highest BCUT2D eigenvalue weighted by atomic mass is 35.5. The zero-order valence-corrected chi connectivity index (χ0v) is 12.9. The Kier molecular flexibility index (Phi) is 5.64. The monoisotopic (exact) mass is 268 g/mol. The molecule has 2 nitrogen and oxygen atoms in total. The van der Waals surface area contributed by atoms with Crippen molar-refractivity contribution >= 4 is 11.6 Å². The molecule has 0 aromatic heterocycles. The molecule has 0 heterocycles. The van der Waals surface area contributed by atoms with E-state index < -0.39 is 0 Å². The van der Waals surface area contributed by atoms with E-state index in [0.717, 1.165) is 30.2 Å². The van der Waals surface area contributed by atoms with Gasteiger partial charge in [0.1, 0.15) is 0 Å². The molecule has 1 rings (SSSR count). The van der Waals surface area contributed by atoms with Gasteiger partial charge in [-0.1, -0.05) is 23.7 Å². The van der Waals surface area contributed by atoms with Crippen molar-refractivity contribution in [2.75, 3.05) is 20.1 Å². The minimum Gasteiger partial charge on any atom is -0.311 e. The van der Waals surface area contributed by atoms with Crippen molar-refractivity contribution in [3.05, 3.63) is 34.3 Å². The quantitative estimate of drug-likeness (QED) is 0.880. The van der Waals surface area contributed by atoms with Gasteiger partial charge in [-0.3, -0.25) is 0 Å². The van der Waals surface area contributed by atoms with Crippen molar-refractivity contribution < 1.29 is 0 Å². The molecule has 1 aromatic rings. The molecular formula is C15H25ClN2. The highest BCUT2D eigenvalue weighted by Crippen LogP contribution is 2.17. The lowest BCUT2D eigenvalue weighted by Gasteiger charge is -2.23. The summed E-state index contributed by atoms with van der Waals surface area (Å²) in [6.07, 6.45) is 0. The highest BCUT2D eigenvalue weighted by molar-refractivity contribution is 6.31. The lowest BCUT2D eigenvalue weighted by molar-refractivity contribution is 0.303. The maximum atomic E-state index is 6.03. The standard InChI is InChI=1S/C15H25ClN2/c1-12-10-13(6-7-14(12)16)11-18(5)9-8-17-15(2,3)4/h6-7,10,17H,8-9,11H2,1-5H3. The van der Waals surface area contributed by atoms with Gasteiger partial charge in [-0.25, -0.2) is 0 Å². The molecule has 0 radical (unpaired) electrons. The van der Waals surface area contributed by atoms with Crippen molar-refractivity contribution in [1.29, 1.82) is 0 Å². The fourth-order valence-electron chi connectivity index (χ4n) is 1.82. The van der Waals surface area contributed by atoms with E-state index in [9.17, 15) is 0 Å². The van der Waals surface area contributed by atoms with E-state index in [1.54, 1.807) is 0 Å². The molecule has 0 fully saturated rings. The average Bonchev–Trinajstić information content (AvgIpc) is 2.21. The highest BCUT2D eigenvalue weighted by Gasteiger charge is 2.08. The van der Waals surface area contributed by atoms with Crippen LogP contribution in [0.1, 0.15) is 31.9 Å². The van der Waals surface area contributed by atoms with Gasteiger partial charge >= 0.3 is 0 Å². The summed E-state index contributed by atoms with van der Waals surface area (Å²) < 4.78 is 0. The Morgan fingerprint density at radius 3 is 2.50 bits per heavy atom. The molecule has 0 atom stereocenters. The summed E-state index contributed by atoms with van der Waals surface area (Å²) in [5, 5.41) is 4.34. The molecule has 1 aromatic carbocycles. The summed E-state index contributed by atoms with van der Waals surface area (Å²) in [7, 11) is 2.15. The fraction of sp³-hybridized carbons (Fsp3) is 0.600. The first-order valence-corrected chi connectivity index (χ1v) is 6.84. The van der Waals surface area contributed by atoms with E-state index in [0.29, 0.717) is 0 Å². The summed E-state index contributed by atoms with van der Waals surface area (Å²) in [4.78, 5) is 2.32. The van der Waals surface area contributed by atoms with Crippen LogP contribution in [0.2, 0.25) is 5.02 Å². The number of benzene rings is 1. The summed E-state index contributed by atoms with van der Waals surface area (Å²) in [5.74, 6) is 0. The summed E-state index contributed by atoms with van der Waals surface area (Å²) in [6, 6.07) is 6.24.